The second-order valence-corrected chi connectivity index (χ2v) is 4.78. The van der Waals surface area contributed by atoms with E-state index in [2.05, 4.69) is 5.32 Å². The van der Waals surface area contributed by atoms with Crippen LogP contribution in [0.4, 0.5) is 0 Å². The molecule has 2 rings (SSSR count). The van der Waals surface area contributed by atoms with Crippen LogP contribution in [0.1, 0.15) is 24.3 Å². The molecule has 0 amide bonds. The molecular weight excluding hydrogens is 254 g/mol. The topological polar surface area (TPSA) is 50.7 Å². The minimum atomic E-state index is 0.0369. The minimum Gasteiger partial charge on any atom is -0.506 e. The number of phenolic OH excluding ortho intramolecular Hbond substituents is 1. The second kappa shape index (κ2) is 5.67. The Labute approximate surface area is 112 Å². The monoisotopic (exact) mass is 271 g/mol. The lowest BCUT2D eigenvalue weighted by Gasteiger charge is -2.26. The molecule has 1 fully saturated rings. The van der Waals surface area contributed by atoms with Crippen LogP contribution in [0.2, 0.25) is 5.02 Å². The number of methoxy groups -OCH3 is 2. The number of aromatic hydroxyl groups is 1. The summed E-state index contributed by atoms with van der Waals surface area (Å²) in [5.41, 5.74) is 0.836. The third-order valence-corrected chi connectivity index (χ3v) is 3.72. The maximum Gasteiger partial charge on any atom is 0.166 e. The van der Waals surface area contributed by atoms with Gasteiger partial charge in [0.2, 0.25) is 0 Å². The number of phenols is 1. The Kier molecular flexibility index (Phi) is 4.19. The normalized spacial score (nSPS) is 19.6. The molecule has 2 N–H and O–H groups in total. The third kappa shape index (κ3) is 2.35. The number of hydrogen-bond acceptors (Lipinski definition) is 4. The van der Waals surface area contributed by atoms with Crippen molar-refractivity contribution < 1.29 is 14.6 Å². The highest BCUT2D eigenvalue weighted by Crippen LogP contribution is 2.46. The van der Waals surface area contributed by atoms with Gasteiger partial charge in [-0.2, -0.15) is 0 Å². The van der Waals surface area contributed by atoms with Gasteiger partial charge in [0.1, 0.15) is 5.75 Å². The molecule has 1 aromatic rings. The molecule has 1 aliphatic rings. The average Bonchev–Trinajstić information content (AvgIpc) is 2.42. The van der Waals surface area contributed by atoms with Crippen LogP contribution in [0.5, 0.6) is 17.2 Å². The highest BCUT2D eigenvalue weighted by Gasteiger charge is 2.26. The van der Waals surface area contributed by atoms with Crippen molar-refractivity contribution in [3.8, 4) is 17.2 Å². The lowest BCUT2D eigenvalue weighted by Crippen LogP contribution is -2.28. The Bertz CT molecular complexity index is 431. The van der Waals surface area contributed by atoms with E-state index in [4.69, 9.17) is 21.1 Å². The van der Waals surface area contributed by atoms with Crippen molar-refractivity contribution in [1.82, 2.24) is 5.32 Å². The van der Waals surface area contributed by atoms with E-state index in [0.717, 1.165) is 31.5 Å². The summed E-state index contributed by atoms with van der Waals surface area (Å²) in [6.07, 6.45) is 2.11. The van der Waals surface area contributed by atoms with Crippen molar-refractivity contribution in [3.05, 3.63) is 16.7 Å². The zero-order valence-electron chi connectivity index (χ0n) is 10.6. The molecule has 5 heteroatoms. The van der Waals surface area contributed by atoms with Gasteiger partial charge >= 0.3 is 0 Å². The third-order valence-electron chi connectivity index (χ3n) is 3.33. The number of piperidine rings is 1. The predicted octanol–water partition coefficient (Wildman–Crippen LogP) is 2.53. The van der Waals surface area contributed by atoms with E-state index in [1.807, 2.05) is 0 Å². The lowest BCUT2D eigenvalue weighted by molar-refractivity contribution is 0.341. The first kappa shape index (κ1) is 13.3. The number of halogens is 1. The fraction of sp³-hybridized carbons (Fsp3) is 0.538. The molecule has 1 aromatic carbocycles. The molecule has 0 bridgehead atoms. The van der Waals surface area contributed by atoms with Crippen LogP contribution in [0.25, 0.3) is 0 Å². The second-order valence-electron chi connectivity index (χ2n) is 4.40. The summed E-state index contributed by atoms with van der Waals surface area (Å²) in [6, 6.07) is 1.49. The zero-order valence-corrected chi connectivity index (χ0v) is 11.4. The fourth-order valence-electron chi connectivity index (χ4n) is 2.45. The largest absolute Gasteiger partial charge is 0.506 e. The summed E-state index contributed by atoms with van der Waals surface area (Å²) in [5, 5.41) is 13.6. The van der Waals surface area contributed by atoms with Crippen molar-refractivity contribution in [2.24, 2.45) is 0 Å². The van der Waals surface area contributed by atoms with Crippen LogP contribution >= 0.6 is 11.6 Å². The molecule has 0 aromatic heterocycles. The van der Waals surface area contributed by atoms with E-state index in [0.29, 0.717) is 16.5 Å². The predicted molar refractivity (Wildman–Crippen MR) is 71.1 cm³/mol. The molecule has 0 saturated carbocycles. The molecule has 0 radical (unpaired) electrons. The molecule has 1 unspecified atom stereocenters. The molecule has 1 atom stereocenters. The maximum absolute atomic E-state index is 9.87. The van der Waals surface area contributed by atoms with Crippen LogP contribution in [0.15, 0.2) is 6.07 Å². The van der Waals surface area contributed by atoms with E-state index in [1.54, 1.807) is 14.2 Å². The van der Waals surface area contributed by atoms with E-state index < -0.39 is 0 Å². The number of benzene rings is 1. The standard InChI is InChI=1S/C13H18ClNO3/c1-17-10-6-9(16)12(14)11(13(10)18-2)8-4-3-5-15-7-8/h6,8,15-16H,3-5,7H2,1-2H3. The Morgan fingerprint density at radius 1 is 1.39 bits per heavy atom. The highest BCUT2D eigenvalue weighted by atomic mass is 35.5. The summed E-state index contributed by atoms with van der Waals surface area (Å²) >= 11 is 6.23. The Balaban J connectivity index is 2.51. The van der Waals surface area contributed by atoms with Gasteiger partial charge in [-0.1, -0.05) is 11.6 Å². The molecule has 1 heterocycles. The van der Waals surface area contributed by atoms with Crippen molar-refractivity contribution in [3.63, 3.8) is 0 Å². The summed E-state index contributed by atoms with van der Waals surface area (Å²) in [7, 11) is 3.14. The first-order valence-electron chi connectivity index (χ1n) is 6.03. The van der Waals surface area contributed by atoms with Crippen molar-refractivity contribution in [2.45, 2.75) is 18.8 Å². The smallest absolute Gasteiger partial charge is 0.166 e. The Morgan fingerprint density at radius 3 is 2.72 bits per heavy atom. The molecule has 18 heavy (non-hydrogen) atoms. The summed E-state index contributed by atoms with van der Waals surface area (Å²) in [4.78, 5) is 0. The highest BCUT2D eigenvalue weighted by molar-refractivity contribution is 6.33. The Morgan fingerprint density at radius 2 is 2.17 bits per heavy atom. The number of nitrogens with one attached hydrogen (secondary N) is 1. The van der Waals surface area contributed by atoms with Crippen LogP contribution in [0.3, 0.4) is 0 Å². The minimum absolute atomic E-state index is 0.0369. The van der Waals surface area contributed by atoms with E-state index in [9.17, 15) is 5.11 Å². The average molecular weight is 272 g/mol. The van der Waals surface area contributed by atoms with Crippen LogP contribution in [0, 0.1) is 0 Å². The quantitative estimate of drug-likeness (QED) is 0.887. The maximum atomic E-state index is 9.87. The van der Waals surface area contributed by atoms with Crippen molar-refractivity contribution >= 4 is 11.6 Å². The van der Waals surface area contributed by atoms with E-state index in [1.165, 1.54) is 6.07 Å². The Hall–Kier alpha value is -1.13. The summed E-state index contributed by atoms with van der Waals surface area (Å²) < 4.78 is 10.6. The van der Waals surface area contributed by atoms with Gasteiger partial charge < -0.3 is 19.9 Å². The van der Waals surface area contributed by atoms with Gasteiger partial charge in [0, 0.05) is 24.1 Å². The molecule has 0 aliphatic carbocycles. The number of rotatable bonds is 3. The molecule has 4 nitrogen and oxygen atoms in total. The zero-order chi connectivity index (χ0) is 13.1. The summed E-state index contributed by atoms with van der Waals surface area (Å²) in [5.74, 6) is 1.41. The van der Waals surface area contributed by atoms with Gasteiger partial charge in [0.05, 0.1) is 19.2 Å². The van der Waals surface area contributed by atoms with Gasteiger partial charge in [0.15, 0.2) is 11.5 Å². The van der Waals surface area contributed by atoms with Crippen LogP contribution in [-0.4, -0.2) is 32.4 Å². The van der Waals surface area contributed by atoms with Crippen LogP contribution < -0.4 is 14.8 Å². The molecule has 1 saturated heterocycles. The van der Waals surface area contributed by atoms with Crippen molar-refractivity contribution in [1.29, 1.82) is 0 Å². The van der Waals surface area contributed by atoms with Crippen LogP contribution in [-0.2, 0) is 0 Å². The molecule has 1 aliphatic heterocycles. The molecule has 0 spiro atoms. The van der Waals surface area contributed by atoms with Gasteiger partial charge in [-0.15, -0.1) is 0 Å². The first-order chi connectivity index (χ1) is 8.69. The number of ether oxygens (including phenoxy) is 2. The van der Waals surface area contributed by atoms with E-state index in [-0.39, 0.29) is 11.7 Å². The lowest BCUT2D eigenvalue weighted by atomic mass is 9.90. The van der Waals surface area contributed by atoms with Gasteiger partial charge in [-0.3, -0.25) is 0 Å². The fourth-order valence-corrected chi connectivity index (χ4v) is 2.74. The van der Waals surface area contributed by atoms with Gasteiger partial charge in [0.25, 0.3) is 0 Å². The van der Waals surface area contributed by atoms with Gasteiger partial charge in [-0.05, 0) is 19.4 Å². The first-order valence-corrected chi connectivity index (χ1v) is 6.40. The summed E-state index contributed by atoms with van der Waals surface area (Å²) in [6.45, 7) is 1.86. The molecule has 100 valence electrons. The number of hydrogen-bond donors (Lipinski definition) is 2. The molecular formula is C13H18ClNO3. The van der Waals surface area contributed by atoms with E-state index >= 15 is 0 Å². The SMILES string of the molecule is COc1cc(O)c(Cl)c(C2CCCNC2)c1OC. The van der Waals surface area contributed by atoms with Gasteiger partial charge in [-0.25, -0.2) is 0 Å². The van der Waals surface area contributed by atoms with Crippen molar-refractivity contribution in [2.75, 3.05) is 27.3 Å².